The van der Waals surface area contributed by atoms with E-state index in [-0.39, 0.29) is 17.9 Å². The van der Waals surface area contributed by atoms with E-state index < -0.39 is 34.5 Å². The van der Waals surface area contributed by atoms with Gasteiger partial charge in [0.1, 0.15) is 11.8 Å². The summed E-state index contributed by atoms with van der Waals surface area (Å²) in [7, 11) is 0. The van der Waals surface area contributed by atoms with Crippen LogP contribution in [-0.2, 0) is 19.1 Å². The van der Waals surface area contributed by atoms with E-state index in [4.69, 9.17) is 4.74 Å². The Bertz CT molecular complexity index is 628. The molecular weight excluding hydrogens is 304 g/mol. The van der Waals surface area contributed by atoms with Gasteiger partial charge in [-0.15, -0.1) is 0 Å². The Morgan fingerprint density at radius 2 is 1.96 bits per heavy atom. The number of nitro groups is 1. The van der Waals surface area contributed by atoms with E-state index in [9.17, 15) is 24.5 Å². The predicted octanol–water partition coefficient (Wildman–Crippen LogP) is 1.34. The Kier molecular flexibility index (Phi) is 6.37. The Hall–Kier alpha value is -2.77. The maximum atomic E-state index is 12.1. The third-order valence-corrected chi connectivity index (χ3v) is 3.11. The molecule has 0 heterocycles. The fourth-order valence-electron chi connectivity index (χ4n) is 2.22. The Morgan fingerprint density at radius 1 is 1.30 bits per heavy atom. The van der Waals surface area contributed by atoms with Crippen LogP contribution >= 0.6 is 0 Å². The molecule has 8 nitrogen and oxygen atoms in total. The molecule has 0 fully saturated rings. The van der Waals surface area contributed by atoms with Crippen molar-refractivity contribution in [1.82, 2.24) is 5.32 Å². The summed E-state index contributed by atoms with van der Waals surface area (Å²) in [4.78, 5) is 45.8. The summed E-state index contributed by atoms with van der Waals surface area (Å²) in [5, 5.41) is 13.3. The highest BCUT2D eigenvalue weighted by Crippen LogP contribution is 2.25. The zero-order chi connectivity index (χ0) is 17.6. The SMILES string of the molecule is CCOC(=O)C(NC(C)=O)C(C(C)=O)c1cccc([N+](=O)[O-])c1. The summed E-state index contributed by atoms with van der Waals surface area (Å²) >= 11 is 0. The van der Waals surface area contributed by atoms with Gasteiger partial charge in [0.25, 0.3) is 5.69 Å². The number of Topliss-reactive ketones (excluding diaryl/α,β-unsaturated/α-hetero) is 1. The third-order valence-electron chi connectivity index (χ3n) is 3.11. The van der Waals surface area contributed by atoms with Gasteiger partial charge in [0.15, 0.2) is 0 Å². The van der Waals surface area contributed by atoms with Crippen molar-refractivity contribution < 1.29 is 24.0 Å². The monoisotopic (exact) mass is 322 g/mol. The van der Waals surface area contributed by atoms with E-state index in [1.807, 2.05) is 0 Å². The number of amides is 1. The van der Waals surface area contributed by atoms with Crippen molar-refractivity contribution in [1.29, 1.82) is 0 Å². The van der Waals surface area contributed by atoms with E-state index >= 15 is 0 Å². The van der Waals surface area contributed by atoms with E-state index in [0.29, 0.717) is 0 Å². The molecule has 1 rings (SSSR count). The molecule has 0 bridgehead atoms. The standard InChI is InChI=1S/C15H18N2O6/c1-4-23-15(20)14(16-10(3)19)13(9(2)18)11-6-5-7-12(8-11)17(21)22/h5-8,13-14H,4H2,1-3H3,(H,16,19). The van der Waals surface area contributed by atoms with Gasteiger partial charge in [-0.05, 0) is 19.4 Å². The lowest BCUT2D eigenvalue weighted by Gasteiger charge is -2.24. The topological polar surface area (TPSA) is 116 Å². The summed E-state index contributed by atoms with van der Waals surface area (Å²) in [6, 6.07) is 4.15. The second-order valence-corrected chi connectivity index (χ2v) is 4.87. The number of nitro benzene ring substituents is 1. The van der Waals surface area contributed by atoms with Crippen molar-refractivity contribution in [3.8, 4) is 0 Å². The van der Waals surface area contributed by atoms with Crippen molar-refractivity contribution in [3.05, 3.63) is 39.9 Å². The number of carbonyl (C=O) groups is 3. The van der Waals surface area contributed by atoms with Gasteiger partial charge in [0, 0.05) is 19.1 Å². The van der Waals surface area contributed by atoms with Crippen molar-refractivity contribution in [2.45, 2.75) is 32.7 Å². The fourth-order valence-corrected chi connectivity index (χ4v) is 2.22. The highest BCUT2D eigenvalue weighted by atomic mass is 16.6. The van der Waals surface area contributed by atoms with Crippen LogP contribution in [0, 0.1) is 10.1 Å². The quantitative estimate of drug-likeness (QED) is 0.460. The summed E-state index contributed by atoms with van der Waals surface area (Å²) in [6.07, 6.45) is 0. The number of esters is 1. The molecule has 23 heavy (non-hydrogen) atoms. The zero-order valence-electron chi connectivity index (χ0n) is 13.1. The number of hydrogen-bond donors (Lipinski definition) is 1. The van der Waals surface area contributed by atoms with Crippen molar-refractivity contribution in [2.24, 2.45) is 0 Å². The number of ketones is 1. The smallest absolute Gasteiger partial charge is 0.329 e. The Labute approximate surface area is 133 Å². The fraction of sp³-hybridized carbons (Fsp3) is 0.400. The number of rotatable bonds is 7. The molecule has 1 N–H and O–H groups in total. The summed E-state index contributed by atoms with van der Waals surface area (Å²) < 4.78 is 4.90. The minimum absolute atomic E-state index is 0.0779. The minimum atomic E-state index is -1.24. The van der Waals surface area contributed by atoms with Crippen LogP contribution in [0.2, 0.25) is 0 Å². The van der Waals surface area contributed by atoms with Crippen LogP contribution in [0.5, 0.6) is 0 Å². The van der Waals surface area contributed by atoms with Crippen LogP contribution in [0.15, 0.2) is 24.3 Å². The number of nitrogens with zero attached hydrogens (tertiary/aromatic N) is 1. The minimum Gasteiger partial charge on any atom is -0.464 e. The van der Waals surface area contributed by atoms with Crippen LogP contribution in [0.1, 0.15) is 32.3 Å². The van der Waals surface area contributed by atoms with E-state index in [1.165, 1.54) is 38.1 Å². The van der Waals surface area contributed by atoms with Gasteiger partial charge >= 0.3 is 5.97 Å². The molecular formula is C15H18N2O6. The lowest BCUT2D eigenvalue weighted by molar-refractivity contribution is -0.384. The molecule has 0 aliphatic carbocycles. The Morgan fingerprint density at radius 3 is 2.43 bits per heavy atom. The maximum Gasteiger partial charge on any atom is 0.329 e. The molecule has 0 spiro atoms. The second-order valence-electron chi connectivity index (χ2n) is 4.87. The van der Waals surface area contributed by atoms with Gasteiger partial charge in [-0.2, -0.15) is 0 Å². The van der Waals surface area contributed by atoms with Gasteiger partial charge < -0.3 is 10.1 Å². The lowest BCUT2D eigenvalue weighted by atomic mass is 9.87. The molecule has 1 aromatic carbocycles. The molecule has 0 aliphatic rings. The normalized spacial score (nSPS) is 12.8. The van der Waals surface area contributed by atoms with E-state index in [2.05, 4.69) is 5.32 Å². The third kappa shape index (κ3) is 4.87. The number of hydrogen-bond acceptors (Lipinski definition) is 6. The van der Waals surface area contributed by atoms with E-state index in [0.717, 1.165) is 0 Å². The lowest BCUT2D eigenvalue weighted by Crippen LogP contribution is -2.47. The van der Waals surface area contributed by atoms with Crippen LogP contribution in [0.4, 0.5) is 5.69 Å². The Balaban J connectivity index is 3.32. The van der Waals surface area contributed by atoms with Gasteiger partial charge in [-0.1, -0.05) is 12.1 Å². The number of ether oxygens (including phenoxy) is 1. The number of nitrogens with one attached hydrogen (secondary N) is 1. The van der Waals surface area contributed by atoms with Crippen LogP contribution in [0.25, 0.3) is 0 Å². The van der Waals surface area contributed by atoms with Gasteiger partial charge in [-0.3, -0.25) is 19.7 Å². The molecule has 124 valence electrons. The largest absolute Gasteiger partial charge is 0.464 e. The average molecular weight is 322 g/mol. The molecule has 0 radical (unpaired) electrons. The number of carbonyl (C=O) groups excluding carboxylic acids is 3. The molecule has 2 atom stereocenters. The maximum absolute atomic E-state index is 12.1. The average Bonchev–Trinajstić information content (AvgIpc) is 2.46. The first-order valence-corrected chi connectivity index (χ1v) is 6.96. The molecule has 0 saturated carbocycles. The van der Waals surface area contributed by atoms with Gasteiger partial charge in [0.05, 0.1) is 17.4 Å². The first-order chi connectivity index (χ1) is 10.8. The summed E-state index contributed by atoms with van der Waals surface area (Å²) in [6.45, 7) is 4.13. The molecule has 0 saturated heterocycles. The summed E-state index contributed by atoms with van der Waals surface area (Å²) in [5.74, 6) is -2.77. The van der Waals surface area contributed by atoms with Gasteiger partial charge in [-0.25, -0.2) is 4.79 Å². The molecule has 8 heteroatoms. The van der Waals surface area contributed by atoms with Crippen molar-refractivity contribution >= 4 is 23.3 Å². The molecule has 0 aromatic heterocycles. The highest BCUT2D eigenvalue weighted by molar-refractivity contribution is 5.94. The second kappa shape index (κ2) is 8.02. The molecule has 0 aliphatic heterocycles. The highest BCUT2D eigenvalue weighted by Gasteiger charge is 2.35. The van der Waals surface area contributed by atoms with Crippen LogP contribution in [-0.4, -0.2) is 35.2 Å². The van der Waals surface area contributed by atoms with Crippen molar-refractivity contribution in [3.63, 3.8) is 0 Å². The molecule has 2 unspecified atom stereocenters. The number of non-ortho nitro benzene ring substituents is 1. The molecule has 1 amide bonds. The zero-order valence-corrected chi connectivity index (χ0v) is 13.1. The van der Waals surface area contributed by atoms with E-state index in [1.54, 1.807) is 6.92 Å². The summed E-state index contributed by atoms with van der Waals surface area (Å²) in [5.41, 5.74) is 0.0534. The van der Waals surface area contributed by atoms with Gasteiger partial charge in [0.2, 0.25) is 5.91 Å². The van der Waals surface area contributed by atoms with Crippen LogP contribution < -0.4 is 5.32 Å². The molecule has 1 aromatic rings. The first kappa shape index (κ1) is 18.3. The first-order valence-electron chi connectivity index (χ1n) is 6.96. The van der Waals surface area contributed by atoms with Crippen LogP contribution in [0.3, 0.4) is 0 Å². The van der Waals surface area contributed by atoms with Crippen molar-refractivity contribution in [2.75, 3.05) is 6.61 Å². The predicted molar refractivity (Wildman–Crippen MR) is 80.8 cm³/mol. The number of benzene rings is 1.